The Balaban J connectivity index is 1.91. The molecule has 0 atom stereocenters. The van der Waals surface area contributed by atoms with E-state index in [0.29, 0.717) is 6.42 Å². The lowest BCUT2D eigenvalue weighted by molar-refractivity contribution is 0.143. The number of rotatable bonds is 15. The smallest absolute Gasteiger partial charge is 0.132 e. The van der Waals surface area contributed by atoms with Gasteiger partial charge in [0.25, 0.3) is 0 Å². The second kappa shape index (κ2) is 14.2. The highest BCUT2D eigenvalue weighted by Gasteiger charge is 2.10. The summed E-state index contributed by atoms with van der Waals surface area (Å²) in [6, 6.07) is 1.52. The van der Waals surface area contributed by atoms with E-state index in [1.807, 2.05) is 6.92 Å². The molecule has 4 heteroatoms. The number of benzene rings is 1. The number of hydrogen-bond acceptors (Lipinski definition) is 1. The predicted octanol–water partition coefficient (Wildman–Crippen LogP) is 6.97. The third kappa shape index (κ3) is 10.5. The molecule has 144 valence electrons. The normalized spacial score (nSPS) is 11.2. The number of halogens is 3. The van der Waals surface area contributed by atoms with Gasteiger partial charge in [-0.25, -0.2) is 13.2 Å². The van der Waals surface area contributed by atoms with E-state index in [0.717, 1.165) is 44.6 Å². The molecular weight excluding hydrogens is 325 g/mol. The van der Waals surface area contributed by atoms with E-state index >= 15 is 0 Å². The fraction of sp³-hybridized carbons (Fsp3) is 0.714. The molecule has 0 N–H and O–H groups in total. The van der Waals surface area contributed by atoms with Crippen LogP contribution >= 0.6 is 0 Å². The van der Waals surface area contributed by atoms with Crippen molar-refractivity contribution in [1.29, 1.82) is 0 Å². The maximum Gasteiger partial charge on any atom is 0.132 e. The van der Waals surface area contributed by atoms with E-state index < -0.39 is 17.5 Å². The Hall–Kier alpha value is -1.03. The van der Waals surface area contributed by atoms with Gasteiger partial charge in [0.2, 0.25) is 0 Å². The van der Waals surface area contributed by atoms with E-state index in [1.165, 1.54) is 51.4 Å². The molecule has 0 fully saturated rings. The van der Waals surface area contributed by atoms with Crippen molar-refractivity contribution >= 4 is 0 Å². The van der Waals surface area contributed by atoms with Crippen molar-refractivity contribution in [1.82, 2.24) is 0 Å². The summed E-state index contributed by atoms with van der Waals surface area (Å²) in [6.07, 6.45) is 13.2. The average molecular weight is 358 g/mol. The molecule has 1 aromatic carbocycles. The van der Waals surface area contributed by atoms with Crippen LogP contribution in [0.15, 0.2) is 12.1 Å². The minimum absolute atomic E-state index is 0.0192. The van der Waals surface area contributed by atoms with Gasteiger partial charge in [-0.15, -0.1) is 0 Å². The first kappa shape index (κ1) is 22.0. The molecule has 0 amide bonds. The van der Waals surface area contributed by atoms with Crippen molar-refractivity contribution in [3.63, 3.8) is 0 Å². The highest BCUT2D eigenvalue weighted by Crippen LogP contribution is 2.18. The summed E-state index contributed by atoms with van der Waals surface area (Å²) in [5, 5.41) is 0. The summed E-state index contributed by atoms with van der Waals surface area (Å²) in [5.41, 5.74) is 0.0192. The minimum atomic E-state index is -0.854. The van der Waals surface area contributed by atoms with Crippen molar-refractivity contribution in [3.8, 4) is 0 Å². The van der Waals surface area contributed by atoms with Crippen LogP contribution in [0.3, 0.4) is 0 Å². The highest BCUT2D eigenvalue weighted by atomic mass is 19.1. The molecule has 0 radical (unpaired) electrons. The molecule has 1 nitrogen and oxygen atoms in total. The molecule has 0 spiro atoms. The van der Waals surface area contributed by atoms with Crippen LogP contribution in [0.4, 0.5) is 13.2 Å². The van der Waals surface area contributed by atoms with Crippen LogP contribution in [-0.4, -0.2) is 13.2 Å². The monoisotopic (exact) mass is 358 g/mol. The summed E-state index contributed by atoms with van der Waals surface area (Å²) >= 11 is 0. The van der Waals surface area contributed by atoms with Gasteiger partial charge < -0.3 is 4.74 Å². The lowest BCUT2D eigenvalue weighted by atomic mass is 10.0. The van der Waals surface area contributed by atoms with Crippen LogP contribution in [0.25, 0.3) is 0 Å². The second-order valence-corrected chi connectivity index (χ2v) is 6.68. The molecule has 25 heavy (non-hydrogen) atoms. The Morgan fingerprint density at radius 2 is 1.12 bits per heavy atom. The maximum absolute atomic E-state index is 13.5. The SMILES string of the molecule is CCOCCCCCCCCCCCCCc1c(F)cc(F)cc1F. The Morgan fingerprint density at radius 1 is 0.680 bits per heavy atom. The van der Waals surface area contributed by atoms with E-state index in [-0.39, 0.29) is 5.56 Å². The summed E-state index contributed by atoms with van der Waals surface area (Å²) in [6.45, 7) is 3.73. The summed E-state index contributed by atoms with van der Waals surface area (Å²) in [5.74, 6) is -2.38. The van der Waals surface area contributed by atoms with Gasteiger partial charge >= 0.3 is 0 Å². The molecule has 1 aromatic rings. The second-order valence-electron chi connectivity index (χ2n) is 6.68. The first-order valence-electron chi connectivity index (χ1n) is 9.86. The van der Waals surface area contributed by atoms with Gasteiger partial charge in [-0.1, -0.05) is 57.8 Å². The van der Waals surface area contributed by atoms with Crippen molar-refractivity contribution in [2.75, 3.05) is 13.2 Å². The van der Waals surface area contributed by atoms with Gasteiger partial charge in [-0.05, 0) is 26.2 Å². The standard InChI is InChI=1S/C21H33F3O/c1-2-25-15-13-11-9-7-5-3-4-6-8-10-12-14-19-20(23)16-18(22)17-21(19)24/h16-17H,2-15H2,1H3. The van der Waals surface area contributed by atoms with E-state index in [9.17, 15) is 13.2 Å². The van der Waals surface area contributed by atoms with Crippen molar-refractivity contribution in [2.45, 2.75) is 84.0 Å². The van der Waals surface area contributed by atoms with Crippen LogP contribution < -0.4 is 0 Å². The van der Waals surface area contributed by atoms with Crippen LogP contribution in [0.1, 0.15) is 83.1 Å². The molecule has 0 saturated heterocycles. The van der Waals surface area contributed by atoms with E-state index in [4.69, 9.17) is 4.74 Å². The van der Waals surface area contributed by atoms with Gasteiger partial charge in [-0.3, -0.25) is 0 Å². The number of ether oxygens (including phenoxy) is 1. The quantitative estimate of drug-likeness (QED) is 0.307. The van der Waals surface area contributed by atoms with Gasteiger partial charge in [0, 0.05) is 30.9 Å². The van der Waals surface area contributed by atoms with Crippen molar-refractivity contribution in [3.05, 3.63) is 35.1 Å². The average Bonchev–Trinajstić information content (AvgIpc) is 2.57. The molecule has 0 aliphatic carbocycles. The van der Waals surface area contributed by atoms with Crippen LogP contribution in [0, 0.1) is 17.5 Å². The third-order valence-corrected chi connectivity index (χ3v) is 4.53. The summed E-state index contributed by atoms with van der Waals surface area (Å²) in [7, 11) is 0. The lowest BCUT2D eigenvalue weighted by Crippen LogP contribution is -1.97. The zero-order valence-corrected chi connectivity index (χ0v) is 15.6. The Bertz CT molecular complexity index is 439. The predicted molar refractivity (Wildman–Crippen MR) is 97.3 cm³/mol. The highest BCUT2D eigenvalue weighted by molar-refractivity contribution is 5.20. The lowest BCUT2D eigenvalue weighted by Gasteiger charge is -2.06. The Kier molecular flexibility index (Phi) is 12.5. The molecule has 0 heterocycles. The molecule has 0 bridgehead atoms. The first-order valence-corrected chi connectivity index (χ1v) is 9.86. The Labute approximate surface area is 151 Å². The van der Waals surface area contributed by atoms with Crippen LogP contribution in [0.2, 0.25) is 0 Å². The molecule has 0 aliphatic heterocycles. The van der Waals surface area contributed by atoms with Gasteiger partial charge in [-0.2, -0.15) is 0 Å². The molecule has 0 saturated carbocycles. The first-order chi connectivity index (χ1) is 12.1. The zero-order valence-electron chi connectivity index (χ0n) is 15.6. The van der Waals surface area contributed by atoms with E-state index in [1.54, 1.807) is 0 Å². The summed E-state index contributed by atoms with van der Waals surface area (Å²) < 4.78 is 45.1. The van der Waals surface area contributed by atoms with Crippen LogP contribution in [0.5, 0.6) is 0 Å². The van der Waals surface area contributed by atoms with E-state index in [2.05, 4.69) is 0 Å². The fourth-order valence-electron chi connectivity index (χ4n) is 3.05. The van der Waals surface area contributed by atoms with Crippen LogP contribution in [-0.2, 0) is 11.2 Å². The van der Waals surface area contributed by atoms with Gasteiger partial charge in [0.05, 0.1) is 0 Å². The molecular formula is C21H33F3O. The topological polar surface area (TPSA) is 9.23 Å². The number of hydrogen-bond donors (Lipinski definition) is 0. The number of unbranched alkanes of at least 4 members (excludes halogenated alkanes) is 10. The van der Waals surface area contributed by atoms with Crippen molar-refractivity contribution in [2.24, 2.45) is 0 Å². The fourth-order valence-corrected chi connectivity index (χ4v) is 3.05. The third-order valence-electron chi connectivity index (χ3n) is 4.53. The minimum Gasteiger partial charge on any atom is -0.382 e. The maximum atomic E-state index is 13.5. The molecule has 0 unspecified atom stereocenters. The van der Waals surface area contributed by atoms with Gasteiger partial charge in [0.1, 0.15) is 17.5 Å². The largest absolute Gasteiger partial charge is 0.382 e. The Morgan fingerprint density at radius 3 is 1.60 bits per heavy atom. The molecule has 1 rings (SSSR count). The zero-order chi connectivity index (χ0) is 18.3. The molecule has 0 aromatic heterocycles. The summed E-state index contributed by atoms with van der Waals surface area (Å²) in [4.78, 5) is 0. The van der Waals surface area contributed by atoms with Gasteiger partial charge in [0.15, 0.2) is 0 Å². The van der Waals surface area contributed by atoms with Crippen molar-refractivity contribution < 1.29 is 17.9 Å². The molecule has 0 aliphatic rings.